The molecular weight excluding hydrogens is 390 g/mol. The Morgan fingerprint density at radius 2 is 1.94 bits per heavy atom. The molecular formula is C25H22N3O3+. The Morgan fingerprint density at radius 1 is 1.10 bits per heavy atom. The Kier molecular flexibility index (Phi) is 4.75. The van der Waals surface area contributed by atoms with Crippen molar-refractivity contribution in [3.63, 3.8) is 0 Å². The summed E-state index contributed by atoms with van der Waals surface area (Å²) in [6, 6.07) is 20.3. The first-order chi connectivity index (χ1) is 15.1. The highest BCUT2D eigenvalue weighted by molar-refractivity contribution is 5.82. The molecule has 2 aromatic heterocycles. The molecule has 31 heavy (non-hydrogen) atoms. The van der Waals surface area contributed by atoms with Gasteiger partial charge in [0.15, 0.2) is 0 Å². The van der Waals surface area contributed by atoms with Crippen LogP contribution in [0.15, 0.2) is 77.3 Å². The molecule has 2 N–H and O–H groups in total. The maximum atomic E-state index is 13.2. The van der Waals surface area contributed by atoms with Gasteiger partial charge < -0.3 is 9.52 Å². The van der Waals surface area contributed by atoms with Gasteiger partial charge in [0, 0.05) is 12.0 Å². The van der Waals surface area contributed by atoms with Crippen LogP contribution in [0.4, 0.5) is 5.82 Å². The second-order valence-electron chi connectivity index (χ2n) is 7.76. The number of aryl methyl sites for hydroxylation is 1. The largest absolute Gasteiger partial charge is 0.508 e. The average Bonchev–Trinajstić information content (AvgIpc) is 3.32. The van der Waals surface area contributed by atoms with Gasteiger partial charge in [0.25, 0.3) is 0 Å². The fraction of sp³-hybridized carbons (Fsp3) is 0.160. The highest BCUT2D eigenvalue weighted by Crippen LogP contribution is 2.26. The Balaban J connectivity index is 1.56. The number of anilines is 1. The Morgan fingerprint density at radius 3 is 2.68 bits per heavy atom. The van der Waals surface area contributed by atoms with E-state index < -0.39 is 6.04 Å². The molecule has 0 amide bonds. The van der Waals surface area contributed by atoms with Crippen molar-refractivity contribution in [2.24, 2.45) is 0 Å². The Bertz CT molecular complexity index is 1260. The highest BCUT2D eigenvalue weighted by atomic mass is 16.3. The monoisotopic (exact) mass is 412 g/mol. The molecule has 3 heterocycles. The lowest BCUT2D eigenvalue weighted by molar-refractivity contribution is -0.552. The number of aromatic nitrogens is 2. The van der Waals surface area contributed by atoms with E-state index in [-0.39, 0.29) is 11.7 Å². The number of nitrogens with one attached hydrogen (secondary N) is 1. The molecule has 1 aliphatic rings. The first-order valence-electron chi connectivity index (χ1n) is 10.2. The zero-order chi connectivity index (χ0) is 21.4. The van der Waals surface area contributed by atoms with Crippen molar-refractivity contribution < 1.29 is 18.9 Å². The number of phenolic OH excluding ortho intramolecular Hbond substituents is 1. The van der Waals surface area contributed by atoms with Crippen LogP contribution in [0.3, 0.4) is 0 Å². The van der Waals surface area contributed by atoms with Gasteiger partial charge in [0.05, 0.1) is 6.42 Å². The number of benzene rings is 2. The van der Waals surface area contributed by atoms with Crippen molar-refractivity contribution in [2.45, 2.75) is 25.8 Å². The Hall–Kier alpha value is -3.93. The van der Waals surface area contributed by atoms with E-state index >= 15 is 0 Å². The van der Waals surface area contributed by atoms with Gasteiger partial charge in [-0.3, -0.25) is 5.32 Å². The molecule has 5 rings (SSSR count). The van der Waals surface area contributed by atoms with Crippen LogP contribution >= 0.6 is 0 Å². The number of phenols is 1. The van der Waals surface area contributed by atoms with E-state index in [1.54, 1.807) is 29.0 Å². The molecule has 2 aromatic carbocycles. The van der Waals surface area contributed by atoms with E-state index in [1.165, 1.54) is 0 Å². The molecule has 0 fully saturated rings. The molecule has 154 valence electrons. The van der Waals surface area contributed by atoms with E-state index in [2.05, 4.69) is 5.32 Å². The molecule has 1 atom stereocenters. The SMILES string of the molecule is Cc1ccc(CC2Nc3c(Cc4ccccc4)nc(-c4cccc(O)c4)c[n+]3C2=O)o1. The highest BCUT2D eigenvalue weighted by Gasteiger charge is 2.41. The van der Waals surface area contributed by atoms with Gasteiger partial charge >= 0.3 is 11.7 Å². The molecule has 1 unspecified atom stereocenters. The van der Waals surface area contributed by atoms with Crippen molar-refractivity contribution in [3.8, 4) is 17.0 Å². The number of fused-ring (bicyclic) bond motifs is 1. The number of nitrogens with zero attached hydrogens (tertiary/aromatic N) is 2. The fourth-order valence-corrected chi connectivity index (χ4v) is 3.93. The average molecular weight is 412 g/mol. The summed E-state index contributed by atoms with van der Waals surface area (Å²) in [4.78, 5) is 18.1. The van der Waals surface area contributed by atoms with Crippen LogP contribution in [-0.4, -0.2) is 22.0 Å². The van der Waals surface area contributed by atoms with Crippen LogP contribution in [0.1, 0.15) is 27.6 Å². The van der Waals surface area contributed by atoms with E-state index in [9.17, 15) is 9.90 Å². The van der Waals surface area contributed by atoms with Crippen molar-refractivity contribution in [1.29, 1.82) is 0 Å². The van der Waals surface area contributed by atoms with Crippen molar-refractivity contribution in [2.75, 3.05) is 5.32 Å². The lowest BCUT2D eigenvalue weighted by Gasteiger charge is -2.07. The van der Waals surface area contributed by atoms with Gasteiger partial charge in [-0.2, -0.15) is 4.57 Å². The zero-order valence-corrected chi connectivity index (χ0v) is 17.1. The lowest BCUT2D eigenvalue weighted by atomic mass is 10.1. The molecule has 6 heteroatoms. The second-order valence-corrected chi connectivity index (χ2v) is 7.76. The quantitative estimate of drug-likeness (QED) is 0.486. The third-order valence-electron chi connectivity index (χ3n) is 5.43. The van der Waals surface area contributed by atoms with Crippen LogP contribution < -0.4 is 9.88 Å². The number of aromatic hydroxyl groups is 1. The predicted molar refractivity (Wildman–Crippen MR) is 116 cm³/mol. The number of rotatable bonds is 5. The van der Waals surface area contributed by atoms with Gasteiger partial charge in [-0.25, -0.2) is 9.78 Å². The summed E-state index contributed by atoms with van der Waals surface area (Å²) in [5, 5.41) is 13.3. The van der Waals surface area contributed by atoms with Crippen LogP contribution in [0.25, 0.3) is 11.3 Å². The summed E-state index contributed by atoms with van der Waals surface area (Å²) in [7, 11) is 0. The maximum absolute atomic E-state index is 13.2. The standard InChI is InChI=1S/C25H21N3O3/c1-16-10-11-20(31-16)14-22-25(30)28-15-23(18-8-5-9-19(29)13-18)26-21(24(28)27-22)12-17-6-3-2-4-7-17/h2-11,13,15,22,29H,12,14H2,1H3/p+1. The van der Waals surface area contributed by atoms with Crippen molar-refractivity contribution >= 4 is 11.7 Å². The third kappa shape index (κ3) is 3.80. The zero-order valence-electron chi connectivity index (χ0n) is 17.1. The van der Waals surface area contributed by atoms with Crippen LogP contribution in [0.5, 0.6) is 5.75 Å². The number of carbonyl (C=O) groups is 1. The van der Waals surface area contributed by atoms with Crippen LogP contribution in [0, 0.1) is 6.92 Å². The summed E-state index contributed by atoms with van der Waals surface area (Å²) in [6.07, 6.45) is 2.78. The van der Waals surface area contributed by atoms with Crippen LogP contribution in [-0.2, 0) is 12.8 Å². The normalized spacial score (nSPS) is 15.0. The number of hydrogen-bond acceptors (Lipinski definition) is 5. The molecule has 0 radical (unpaired) electrons. The van der Waals surface area contributed by atoms with Gasteiger partial charge in [-0.05, 0) is 36.8 Å². The fourth-order valence-electron chi connectivity index (χ4n) is 3.93. The maximum Gasteiger partial charge on any atom is 0.359 e. The van der Waals surface area contributed by atoms with Gasteiger partial charge in [0.1, 0.15) is 34.9 Å². The summed E-state index contributed by atoms with van der Waals surface area (Å²) >= 11 is 0. The van der Waals surface area contributed by atoms with Gasteiger partial charge in [-0.15, -0.1) is 0 Å². The van der Waals surface area contributed by atoms with Crippen molar-refractivity contribution in [1.82, 2.24) is 4.98 Å². The number of carbonyl (C=O) groups excluding carboxylic acids is 1. The van der Waals surface area contributed by atoms with E-state index in [0.29, 0.717) is 24.4 Å². The molecule has 0 saturated carbocycles. The topological polar surface area (TPSA) is 79.2 Å². The predicted octanol–water partition coefficient (Wildman–Crippen LogP) is 3.91. The number of furan rings is 1. The van der Waals surface area contributed by atoms with E-state index in [4.69, 9.17) is 9.40 Å². The molecule has 0 bridgehead atoms. The van der Waals surface area contributed by atoms with E-state index in [0.717, 1.165) is 28.3 Å². The van der Waals surface area contributed by atoms with Crippen LogP contribution in [0.2, 0.25) is 0 Å². The van der Waals surface area contributed by atoms with Gasteiger partial charge in [-0.1, -0.05) is 42.5 Å². The molecule has 0 aliphatic carbocycles. The minimum absolute atomic E-state index is 0.0535. The second kappa shape index (κ2) is 7.72. The first-order valence-corrected chi connectivity index (χ1v) is 10.2. The summed E-state index contributed by atoms with van der Waals surface area (Å²) in [6.45, 7) is 1.89. The Labute approximate surface area is 179 Å². The molecule has 6 nitrogen and oxygen atoms in total. The molecule has 0 spiro atoms. The summed E-state index contributed by atoms with van der Waals surface area (Å²) < 4.78 is 7.32. The minimum Gasteiger partial charge on any atom is -0.508 e. The first kappa shape index (κ1) is 19.1. The molecule has 4 aromatic rings. The van der Waals surface area contributed by atoms with Gasteiger partial charge in [0.2, 0.25) is 6.04 Å². The summed E-state index contributed by atoms with van der Waals surface area (Å²) in [5.74, 6) is 2.39. The van der Waals surface area contributed by atoms with E-state index in [1.807, 2.05) is 55.5 Å². The third-order valence-corrected chi connectivity index (χ3v) is 5.43. The molecule has 0 saturated heterocycles. The molecule has 1 aliphatic heterocycles. The smallest absolute Gasteiger partial charge is 0.359 e. The minimum atomic E-state index is -0.429. The summed E-state index contributed by atoms with van der Waals surface area (Å²) in [5.41, 5.74) is 3.27. The number of hydrogen-bond donors (Lipinski definition) is 2. The lowest BCUT2D eigenvalue weighted by Crippen LogP contribution is -2.44. The van der Waals surface area contributed by atoms with Crippen molar-refractivity contribution in [3.05, 3.63) is 95.7 Å².